The van der Waals surface area contributed by atoms with Crippen molar-refractivity contribution in [3.05, 3.63) is 69.6 Å². The zero-order chi connectivity index (χ0) is 18.0. The Kier molecular flexibility index (Phi) is 4.97. The maximum atomic E-state index is 13.7. The average Bonchev–Trinajstić information content (AvgIpc) is 2.60. The van der Waals surface area contributed by atoms with Gasteiger partial charge in [0.25, 0.3) is 5.56 Å². The number of likely N-dealkylation sites (tertiary alicyclic amines) is 1. The molecule has 0 bridgehead atoms. The maximum absolute atomic E-state index is 13.7. The van der Waals surface area contributed by atoms with Gasteiger partial charge in [0.1, 0.15) is 11.6 Å². The Balaban J connectivity index is 1.60. The second-order valence-corrected chi connectivity index (χ2v) is 6.48. The van der Waals surface area contributed by atoms with Crippen LogP contribution in [0.4, 0.5) is 8.78 Å². The average molecular weight is 346 g/mol. The molecule has 4 nitrogen and oxygen atoms in total. The van der Waals surface area contributed by atoms with Gasteiger partial charge in [0.15, 0.2) is 0 Å². The molecule has 0 N–H and O–H groups in total. The molecule has 0 saturated carbocycles. The number of nitrogens with zero attached hydrogens (tertiary/aromatic N) is 2. The van der Waals surface area contributed by atoms with Crippen LogP contribution in [0.25, 0.3) is 0 Å². The number of aryl methyl sites for hydroxylation is 1. The second kappa shape index (κ2) is 7.17. The van der Waals surface area contributed by atoms with Crippen LogP contribution in [0.3, 0.4) is 0 Å². The molecular weight excluding hydrogens is 326 g/mol. The van der Waals surface area contributed by atoms with E-state index in [0.717, 1.165) is 30.5 Å². The molecular formula is C19H20F2N2O2. The SMILES string of the molecule is Cn1ccc(C2CCN(C(=O)Cc3ccc(F)cc3F)CC2)cc1=O. The van der Waals surface area contributed by atoms with E-state index in [0.29, 0.717) is 13.1 Å². The largest absolute Gasteiger partial charge is 0.342 e. The lowest BCUT2D eigenvalue weighted by Crippen LogP contribution is -2.39. The summed E-state index contributed by atoms with van der Waals surface area (Å²) < 4.78 is 28.2. The van der Waals surface area contributed by atoms with Crippen molar-refractivity contribution < 1.29 is 13.6 Å². The van der Waals surface area contributed by atoms with E-state index in [1.165, 1.54) is 10.6 Å². The molecule has 25 heavy (non-hydrogen) atoms. The summed E-state index contributed by atoms with van der Waals surface area (Å²) in [5, 5.41) is 0. The van der Waals surface area contributed by atoms with Crippen LogP contribution in [0.2, 0.25) is 0 Å². The zero-order valence-corrected chi connectivity index (χ0v) is 14.0. The standard InChI is InChI=1S/C19H20F2N2O2/c1-22-7-4-14(10-18(22)24)13-5-8-23(9-6-13)19(25)11-15-2-3-16(20)12-17(15)21/h2-4,7,10,12-13H,5-6,8-9,11H2,1H3. The van der Waals surface area contributed by atoms with Crippen LogP contribution in [0.5, 0.6) is 0 Å². The lowest BCUT2D eigenvalue weighted by molar-refractivity contribution is -0.131. The molecule has 0 radical (unpaired) electrons. The minimum atomic E-state index is -0.691. The molecule has 1 aromatic heterocycles. The van der Waals surface area contributed by atoms with Gasteiger partial charge in [-0.1, -0.05) is 6.07 Å². The van der Waals surface area contributed by atoms with E-state index in [1.54, 1.807) is 24.2 Å². The van der Waals surface area contributed by atoms with Gasteiger partial charge in [-0.15, -0.1) is 0 Å². The first-order chi connectivity index (χ1) is 11.9. The van der Waals surface area contributed by atoms with Crippen molar-refractivity contribution in [1.29, 1.82) is 0 Å². The van der Waals surface area contributed by atoms with Crippen LogP contribution in [0.1, 0.15) is 29.9 Å². The van der Waals surface area contributed by atoms with E-state index in [-0.39, 0.29) is 29.4 Å². The molecule has 0 unspecified atom stereocenters. The van der Waals surface area contributed by atoms with Crippen molar-refractivity contribution in [2.75, 3.05) is 13.1 Å². The lowest BCUT2D eigenvalue weighted by atomic mass is 9.90. The summed E-state index contributed by atoms with van der Waals surface area (Å²) in [6.45, 7) is 1.14. The fraction of sp³-hybridized carbons (Fsp3) is 0.368. The van der Waals surface area contributed by atoms with Crippen LogP contribution < -0.4 is 5.56 Å². The summed E-state index contributed by atoms with van der Waals surface area (Å²) in [5.41, 5.74) is 1.17. The number of benzene rings is 1. The number of carbonyl (C=O) groups excluding carboxylic acids is 1. The van der Waals surface area contributed by atoms with Crippen LogP contribution >= 0.6 is 0 Å². The van der Waals surface area contributed by atoms with E-state index in [2.05, 4.69) is 0 Å². The van der Waals surface area contributed by atoms with Gasteiger partial charge in [0, 0.05) is 38.5 Å². The number of amides is 1. The number of halogens is 2. The summed E-state index contributed by atoms with van der Waals surface area (Å²) in [6.07, 6.45) is 3.23. The van der Waals surface area contributed by atoms with Crippen molar-refractivity contribution in [1.82, 2.24) is 9.47 Å². The summed E-state index contributed by atoms with van der Waals surface area (Å²) in [4.78, 5) is 25.8. The molecule has 3 rings (SSSR count). The molecule has 1 aliphatic heterocycles. The molecule has 6 heteroatoms. The number of pyridine rings is 1. The number of aromatic nitrogens is 1. The van der Waals surface area contributed by atoms with Gasteiger partial charge >= 0.3 is 0 Å². The Morgan fingerprint density at radius 1 is 1.16 bits per heavy atom. The van der Waals surface area contributed by atoms with E-state index in [1.807, 2.05) is 6.07 Å². The summed E-state index contributed by atoms with van der Waals surface area (Å²) >= 11 is 0. The quantitative estimate of drug-likeness (QED) is 0.857. The maximum Gasteiger partial charge on any atom is 0.250 e. The minimum Gasteiger partial charge on any atom is -0.342 e. The molecule has 1 amide bonds. The molecule has 1 aromatic carbocycles. The number of rotatable bonds is 3. The summed E-state index contributed by atoms with van der Waals surface area (Å²) in [7, 11) is 1.71. The fourth-order valence-corrected chi connectivity index (χ4v) is 3.22. The third kappa shape index (κ3) is 3.95. The van der Waals surface area contributed by atoms with Crippen LogP contribution in [0.15, 0.2) is 41.3 Å². The predicted octanol–water partition coefficient (Wildman–Crippen LogP) is 2.61. The van der Waals surface area contributed by atoms with Crippen molar-refractivity contribution >= 4 is 5.91 Å². The highest BCUT2D eigenvalue weighted by atomic mass is 19.1. The highest BCUT2D eigenvalue weighted by molar-refractivity contribution is 5.79. The Bertz CT molecular complexity index is 840. The van der Waals surface area contributed by atoms with E-state index < -0.39 is 11.6 Å². The monoisotopic (exact) mass is 346 g/mol. The molecule has 1 fully saturated rings. The molecule has 2 aromatic rings. The van der Waals surface area contributed by atoms with Crippen LogP contribution in [0, 0.1) is 11.6 Å². The number of hydrogen-bond donors (Lipinski definition) is 0. The van der Waals surface area contributed by atoms with Gasteiger partial charge in [-0.05, 0) is 42.0 Å². The summed E-state index contributed by atoms with van der Waals surface area (Å²) in [5.74, 6) is -1.25. The van der Waals surface area contributed by atoms with Crippen molar-refractivity contribution in [3.63, 3.8) is 0 Å². The molecule has 0 spiro atoms. The minimum absolute atomic E-state index is 0.0391. The fourth-order valence-electron chi connectivity index (χ4n) is 3.22. The zero-order valence-electron chi connectivity index (χ0n) is 14.0. The Labute approximate surface area is 144 Å². The number of carbonyl (C=O) groups is 1. The van der Waals surface area contributed by atoms with Gasteiger partial charge in [-0.2, -0.15) is 0 Å². The predicted molar refractivity (Wildman–Crippen MR) is 90.3 cm³/mol. The van der Waals surface area contributed by atoms with Crippen LogP contribution in [-0.2, 0) is 18.3 Å². The molecule has 1 saturated heterocycles. The Morgan fingerprint density at radius 3 is 2.52 bits per heavy atom. The third-order valence-electron chi connectivity index (χ3n) is 4.80. The van der Waals surface area contributed by atoms with E-state index >= 15 is 0 Å². The van der Waals surface area contributed by atoms with Gasteiger partial charge in [0.05, 0.1) is 6.42 Å². The lowest BCUT2D eigenvalue weighted by Gasteiger charge is -2.32. The van der Waals surface area contributed by atoms with Crippen molar-refractivity contribution in [3.8, 4) is 0 Å². The van der Waals surface area contributed by atoms with Gasteiger partial charge in [0.2, 0.25) is 5.91 Å². The first-order valence-corrected chi connectivity index (χ1v) is 8.32. The van der Waals surface area contributed by atoms with E-state index in [4.69, 9.17) is 0 Å². The van der Waals surface area contributed by atoms with Gasteiger partial charge in [-0.3, -0.25) is 9.59 Å². The smallest absolute Gasteiger partial charge is 0.250 e. The molecule has 132 valence electrons. The number of piperidine rings is 1. The molecule has 1 aliphatic rings. The normalized spacial score (nSPS) is 15.4. The first kappa shape index (κ1) is 17.3. The second-order valence-electron chi connectivity index (χ2n) is 6.48. The first-order valence-electron chi connectivity index (χ1n) is 8.32. The highest BCUT2D eigenvalue weighted by Crippen LogP contribution is 2.27. The summed E-state index contributed by atoms with van der Waals surface area (Å²) in [6, 6.07) is 6.86. The van der Waals surface area contributed by atoms with Gasteiger partial charge in [-0.25, -0.2) is 8.78 Å². The molecule has 0 atom stereocenters. The molecule has 0 aliphatic carbocycles. The van der Waals surface area contributed by atoms with Crippen LogP contribution in [-0.4, -0.2) is 28.5 Å². The highest BCUT2D eigenvalue weighted by Gasteiger charge is 2.24. The Hall–Kier alpha value is -2.50. The third-order valence-corrected chi connectivity index (χ3v) is 4.80. The topological polar surface area (TPSA) is 42.3 Å². The Morgan fingerprint density at radius 2 is 1.88 bits per heavy atom. The van der Waals surface area contributed by atoms with Gasteiger partial charge < -0.3 is 9.47 Å². The van der Waals surface area contributed by atoms with Crippen molar-refractivity contribution in [2.45, 2.75) is 25.2 Å². The van der Waals surface area contributed by atoms with Crippen molar-refractivity contribution in [2.24, 2.45) is 7.05 Å². The van der Waals surface area contributed by atoms with E-state index in [9.17, 15) is 18.4 Å². The number of hydrogen-bond acceptors (Lipinski definition) is 2. The molecule has 2 heterocycles.